The number of hydrogen-bond donors (Lipinski definition) is 3. The average Bonchev–Trinajstić information content (AvgIpc) is 3.13. The number of benzene rings is 2. The highest BCUT2D eigenvalue weighted by molar-refractivity contribution is 5.97. The van der Waals surface area contributed by atoms with Crippen molar-refractivity contribution in [3.05, 3.63) is 83.4 Å². The zero-order valence-electron chi connectivity index (χ0n) is 33.4. The number of halogens is 1. The van der Waals surface area contributed by atoms with Crippen molar-refractivity contribution in [1.82, 2.24) is 5.32 Å². The molecular weight excluding hydrogens is 741 g/mol. The standard InChI is InChI=1S/C43H52FNO12/c1-23-27-19-30(47)41(8)29(44)20-31-42(22-53-31,56-24(2)46)34(41)35(55-36(49)26-17-13-10-14-18-26)43(52,40(27,6)7)21-28(23)54-37(50)33(48)32(25-15-11-9-12-16-25)45-38(51)57-39(3,4)5/h9-19,23,28-29,31-35,48,52H,20-22H2,1-8H3,(H,45,51)/b27-19-/t23-,28+,29-,31-,32+,33-,34+,35+,41+,42+,43-/m1/s1. The fourth-order valence-electron chi connectivity index (χ4n) is 9.34. The first-order chi connectivity index (χ1) is 26.6. The lowest BCUT2D eigenvalue weighted by molar-refractivity contribution is -0.340. The summed E-state index contributed by atoms with van der Waals surface area (Å²) < 4.78 is 46.3. The Labute approximate surface area is 331 Å². The maximum absolute atomic E-state index is 16.8. The molecule has 308 valence electrons. The quantitative estimate of drug-likeness (QED) is 0.237. The molecule has 4 aliphatic rings. The van der Waals surface area contributed by atoms with Gasteiger partial charge in [0, 0.05) is 31.1 Å². The van der Waals surface area contributed by atoms with E-state index in [-0.39, 0.29) is 24.2 Å². The molecule has 14 heteroatoms. The number of nitrogens with one attached hydrogen (secondary N) is 1. The molecule has 1 heterocycles. The number of hydrogen-bond acceptors (Lipinski definition) is 12. The SMILES string of the molecule is CC(=O)O[C@@]12CO[C@@H]1C[C@@H](F)[C@@]1(C)C(=O)/C=C3/[C@@H](C)[C@@H](OC(=O)[C@H](O)[C@@H](NC(=O)OC(C)(C)C)c4ccccc4)C[C@@](O)([C@@H](OC(=O)c4ccccc4)[C@H]21)C3(C)C. The Bertz CT molecular complexity index is 1930. The van der Waals surface area contributed by atoms with E-state index in [1.54, 1.807) is 90.1 Å². The minimum atomic E-state index is -2.24. The zero-order valence-corrected chi connectivity index (χ0v) is 33.4. The van der Waals surface area contributed by atoms with Crippen LogP contribution >= 0.6 is 0 Å². The second-order valence-electron chi connectivity index (χ2n) is 17.5. The predicted octanol–water partition coefficient (Wildman–Crippen LogP) is 5.12. The van der Waals surface area contributed by atoms with Crippen LogP contribution in [0.5, 0.6) is 0 Å². The van der Waals surface area contributed by atoms with Crippen LogP contribution in [0.15, 0.2) is 72.3 Å². The van der Waals surface area contributed by atoms with Crippen LogP contribution in [-0.4, -0.2) is 94.0 Å². The number of fused-ring (bicyclic) bond motifs is 5. The Morgan fingerprint density at radius 2 is 1.60 bits per heavy atom. The first kappa shape index (κ1) is 42.0. The first-order valence-electron chi connectivity index (χ1n) is 19.2. The topological polar surface area (TPSA) is 184 Å². The molecule has 2 bridgehead atoms. The highest BCUT2D eigenvalue weighted by atomic mass is 19.1. The van der Waals surface area contributed by atoms with Crippen molar-refractivity contribution in [1.29, 1.82) is 0 Å². The number of amides is 1. The Hall–Kier alpha value is -4.66. The molecular formula is C43H52FNO12. The minimum absolute atomic E-state index is 0.0973. The highest BCUT2D eigenvalue weighted by Crippen LogP contribution is 2.64. The van der Waals surface area contributed by atoms with E-state index in [1.807, 2.05) is 0 Å². The number of ether oxygens (including phenoxy) is 5. The van der Waals surface area contributed by atoms with Gasteiger partial charge in [0.2, 0.25) is 0 Å². The highest BCUT2D eigenvalue weighted by Gasteiger charge is 2.77. The predicted molar refractivity (Wildman–Crippen MR) is 201 cm³/mol. The summed E-state index contributed by atoms with van der Waals surface area (Å²) in [5, 5.41) is 27.5. The summed E-state index contributed by atoms with van der Waals surface area (Å²) in [7, 11) is 0. The van der Waals surface area contributed by atoms with E-state index in [9.17, 15) is 34.2 Å². The van der Waals surface area contributed by atoms with Crippen molar-refractivity contribution in [2.75, 3.05) is 6.61 Å². The van der Waals surface area contributed by atoms with Gasteiger partial charge in [0.15, 0.2) is 17.5 Å². The second kappa shape index (κ2) is 14.9. The number of rotatable bonds is 8. The van der Waals surface area contributed by atoms with E-state index in [1.165, 1.54) is 32.1 Å². The number of alkyl halides is 1. The number of carbonyl (C=O) groups excluding carboxylic acids is 5. The lowest BCUT2D eigenvalue weighted by Crippen LogP contribution is -2.80. The summed E-state index contributed by atoms with van der Waals surface area (Å²) in [6, 6.07) is 14.8. The Balaban J connectivity index is 1.45. The van der Waals surface area contributed by atoms with Gasteiger partial charge in [0.25, 0.3) is 0 Å². The van der Waals surface area contributed by atoms with Crippen molar-refractivity contribution < 1.29 is 62.3 Å². The molecule has 2 aromatic rings. The summed E-state index contributed by atoms with van der Waals surface area (Å²) >= 11 is 0. The molecule has 0 spiro atoms. The second-order valence-corrected chi connectivity index (χ2v) is 17.5. The van der Waals surface area contributed by atoms with Crippen molar-refractivity contribution in [2.45, 2.75) is 122 Å². The molecule has 3 aliphatic carbocycles. The molecule has 13 nitrogen and oxygen atoms in total. The fraction of sp³-hybridized carbons (Fsp3) is 0.558. The monoisotopic (exact) mass is 793 g/mol. The van der Waals surface area contributed by atoms with Crippen LogP contribution in [0.3, 0.4) is 0 Å². The summed E-state index contributed by atoms with van der Waals surface area (Å²) in [4.78, 5) is 68.6. The molecule has 2 aromatic carbocycles. The number of allylic oxidation sites excluding steroid dienone is 1. The van der Waals surface area contributed by atoms with Crippen molar-refractivity contribution >= 4 is 29.8 Å². The van der Waals surface area contributed by atoms with Crippen molar-refractivity contribution in [3.8, 4) is 0 Å². The van der Waals surface area contributed by atoms with E-state index in [0.717, 1.165) is 0 Å². The molecule has 6 rings (SSSR count). The van der Waals surface area contributed by atoms with Gasteiger partial charge in [-0.2, -0.15) is 0 Å². The molecule has 1 saturated heterocycles. The molecule has 2 saturated carbocycles. The molecule has 0 unspecified atom stereocenters. The Kier molecular flexibility index (Phi) is 11.0. The first-order valence-corrected chi connectivity index (χ1v) is 19.2. The number of esters is 3. The van der Waals surface area contributed by atoms with Gasteiger partial charge < -0.3 is 39.2 Å². The molecule has 0 radical (unpaired) electrons. The van der Waals surface area contributed by atoms with E-state index in [4.69, 9.17) is 23.7 Å². The lowest BCUT2D eigenvalue weighted by Gasteiger charge is -2.66. The number of aliphatic hydroxyl groups is 2. The van der Waals surface area contributed by atoms with Gasteiger partial charge in [0.05, 0.1) is 29.5 Å². The molecule has 1 aliphatic heterocycles. The molecule has 57 heavy (non-hydrogen) atoms. The smallest absolute Gasteiger partial charge is 0.408 e. The van der Waals surface area contributed by atoms with Gasteiger partial charge in [-0.3, -0.25) is 9.59 Å². The van der Waals surface area contributed by atoms with Gasteiger partial charge in [-0.1, -0.05) is 74.9 Å². The van der Waals surface area contributed by atoms with E-state index >= 15 is 4.39 Å². The number of ketones is 1. The van der Waals surface area contributed by atoms with Crippen LogP contribution in [0.1, 0.15) is 90.2 Å². The van der Waals surface area contributed by atoms with Gasteiger partial charge >= 0.3 is 24.0 Å². The number of alkyl carbamates (subject to hydrolysis) is 1. The van der Waals surface area contributed by atoms with Crippen LogP contribution in [0.4, 0.5) is 9.18 Å². The summed E-state index contributed by atoms with van der Waals surface area (Å²) in [6.07, 6.45) is -8.30. The van der Waals surface area contributed by atoms with E-state index < -0.39 is 112 Å². The third-order valence-corrected chi connectivity index (χ3v) is 12.5. The van der Waals surface area contributed by atoms with Crippen LogP contribution in [0.2, 0.25) is 0 Å². The molecule has 11 atom stereocenters. The van der Waals surface area contributed by atoms with Gasteiger partial charge in [-0.25, -0.2) is 18.8 Å². The number of carbonyl (C=O) groups is 5. The minimum Gasteiger partial charge on any atom is -0.460 e. The molecule has 3 fully saturated rings. The van der Waals surface area contributed by atoms with Crippen molar-refractivity contribution in [3.63, 3.8) is 0 Å². The van der Waals surface area contributed by atoms with Gasteiger partial charge in [-0.05, 0) is 51.5 Å². The fourth-order valence-corrected chi connectivity index (χ4v) is 9.34. The summed E-state index contributed by atoms with van der Waals surface area (Å²) in [6.45, 7) is 12.3. The molecule has 1 amide bonds. The summed E-state index contributed by atoms with van der Waals surface area (Å²) in [5.41, 5.74) is -7.51. The maximum Gasteiger partial charge on any atom is 0.408 e. The molecule has 3 N–H and O–H groups in total. The van der Waals surface area contributed by atoms with Crippen LogP contribution in [0, 0.1) is 22.7 Å². The van der Waals surface area contributed by atoms with E-state index in [0.29, 0.717) is 5.56 Å². The zero-order chi connectivity index (χ0) is 41.9. The normalized spacial score (nSPS) is 34.8. The number of aliphatic hydroxyl groups excluding tert-OH is 1. The van der Waals surface area contributed by atoms with Crippen LogP contribution in [-0.2, 0) is 38.1 Å². The third-order valence-electron chi connectivity index (χ3n) is 12.5. The van der Waals surface area contributed by atoms with E-state index in [2.05, 4.69) is 5.32 Å². The van der Waals surface area contributed by atoms with Crippen LogP contribution in [0.25, 0.3) is 0 Å². The van der Waals surface area contributed by atoms with Crippen LogP contribution < -0.4 is 5.32 Å². The van der Waals surface area contributed by atoms with Gasteiger partial charge in [0.1, 0.15) is 35.7 Å². The average molecular weight is 794 g/mol. The van der Waals surface area contributed by atoms with Crippen molar-refractivity contribution in [2.24, 2.45) is 22.7 Å². The summed E-state index contributed by atoms with van der Waals surface area (Å²) in [5.74, 6) is -5.82. The Morgan fingerprint density at radius 3 is 2.16 bits per heavy atom. The Morgan fingerprint density at radius 1 is 0.982 bits per heavy atom. The van der Waals surface area contributed by atoms with Gasteiger partial charge in [-0.15, -0.1) is 0 Å². The third kappa shape index (κ3) is 7.25. The molecule has 0 aromatic heterocycles. The lowest BCUT2D eigenvalue weighted by atomic mass is 9.45. The largest absolute Gasteiger partial charge is 0.460 e. The maximum atomic E-state index is 16.8.